The third kappa shape index (κ3) is 2.66. The van der Waals surface area contributed by atoms with E-state index < -0.39 is 22.4 Å². The van der Waals surface area contributed by atoms with Crippen LogP contribution in [0.3, 0.4) is 0 Å². The first-order valence-electron chi connectivity index (χ1n) is 5.98. The highest BCUT2D eigenvalue weighted by Crippen LogP contribution is 2.34. The van der Waals surface area contributed by atoms with Crippen LogP contribution in [0, 0.1) is 14.9 Å². The van der Waals surface area contributed by atoms with Gasteiger partial charge in [0.25, 0.3) is 5.69 Å². The summed E-state index contributed by atoms with van der Waals surface area (Å²) in [7, 11) is 0. The van der Waals surface area contributed by atoms with Crippen LogP contribution in [-0.4, -0.2) is 19.4 Å². The van der Waals surface area contributed by atoms with Gasteiger partial charge in [0.1, 0.15) is 5.69 Å². The lowest BCUT2D eigenvalue weighted by atomic mass is 10.1. The Hall–Kier alpha value is -2.43. The molecule has 0 fully saturated rings. The van der Waals surface area contributed by atoms with Crippen molar-refractivity contribution in [2.75, 3.05) is 5.84 Å². The number of aromatic nitrogens is 3. The number of nitrogens with zero attached hydrogens (tertiary/aromatic N) is 4. The highest BCUT2D eigenvalue weighted by atomic mass is 32.1. The van der Waals surface area contributed by atoms with Crippen LogP contribution in [0.2, 0.25) is 0 Å². The molecule has 1 aromatic heterocycles. The Labute approximate surface area is 126 Å². The number of aryl methyl sites for hydroxylation is 1. The van der Waals surface area contributed by atoms with E-state index in [1.54, 1.807) is 6.92 Å². The van der Waals surface area contributed by atoms with Gasteiger partial charge in [-0.25, -0.2) is 4.68 Å². The van der Waals surface area contributed by atoms with Crippen molar-refractivity contribution in [1.29, 1.82) is 0 Å². The number of rotatable bonds is 3. The Bertz CT molecular complexity index is 796. The van der Waals surface area contributed by atoms with E-state index in [1.807, 2.05) is 0 Å². The van der Waals surface area contributed by atoms with Crippen molar-refractivity contribution >= 4 is 17.9 Å². The van der Waals surface area contributed by atoms with Crippen molar-refractivity contribution in [1.82, 2.24) is 14.5 Å². The van der Waals surface area contributed by atoms with Gasteiger partial charge >= 0.3 is 6.18 Å². The standard InChI is InChI=1S/C11H10F3N5O2S/c1-2-9-16-18(10(22)17(9)15)7-4-3-6(11(12,13)14)5-8(7)19(20)21/h3-5H,2,15H2,1H3. The molecule has 0 amide bonds. The second-order valence-electron chi connectivity index (χ2n) is 4.29. The smallest absolute Gasteiger partial charge is 0.335 e. The van der Waals surface area contributed by atoms with E-state index in [1.165, 1.54) is 0 Å². The van der Waals surface area contributed by atoms with Gasteiger partial charge in [-0.1, -0.05) is 6.92 Å². The second kappa shape index (κ2) is 5.40. The number of alkyl halides is 3. The van der Waals surface area contributed by atoms with Gasteiger partial charge in [0, 0.05) is 12.5 Å². The van der Waals surface area contributed by atoms with E-state index in [4.69, 9.17) is 18.1 Å². The maximum Gasteiger partial charge on any atom is 0.416 e. The van der Waals surface area contributed by atoms with Crippen LogP contribution < -0.4 is 5.84 Å². The molecule has 0 radical (unpaired) electrons. The minimum absolute atomic E-state index is 0.0558. The van der Waals surface area contributed by atoms with Crippen LogP contribution in [-0.2, 0) is 12.6 Å². The van der Waals surface area contributed by atoms with Crippen LogP contribution in [0.15, 0.2) is 18.2 Å². The van der Waals surface area contributed by atoms with Gasteiger partial charge in [0.05, 0.1) is 10.5 Å². The predicted octanol–water partition coefficient (Wildman–Crippen LogP) is 2.61. The van der Waals surface area contributed by atoms with Gasteiger partial charge in [0.2, 0.25) is 4.77 Å². The average Bonchev–Trinajstić information content (AvgIpc) is 2.73. The lowest BCUT2D eigenvalue weighted by molar-refractivity contribution is -0.384. The highest BCUT2D eigenvalue weighted by molar-refractivity contribution is 7.71. The number of nitrogen functional groups attached to an aromatic ring is 1. The number of hydrogen-bond acceptors (Lipinski definition) is 5. The van der Waals surface area contributed by atoms with Crippen molar-refractivity contribution in [3.05, 3.63) is 44.5 Å². The average molecular weight is 333 g/mol. The van der Waals surface area contributed by atoms with Crippen molar-refractivity contribution in [3.63, 3.8) is 0 Å². The summed E-state index contributed by atoms with van der Waals surface area (Å²) >= 11 is 5.01. The Kier molecular flexibility index (Phi) is 3.92. The number of halogens is 3. The number of benzene rings is 1. The molecule has 7 nitrogen and oxygen atoms in total. The maximum absolute atomic E-state index is 12.7. The summed E-state index contributed by atoms with van der Waals surface area (Å²) in [4.78, 5) is 10.1. The minimum Gasteiger partial charge on any atom is -0.335 e. The molecule has 118 valence electrons. The third-order valence-corrected chi connectivity index (χ3v) is 3.29. The van der Waals surface area contributed by atoms with Crippen LogP contribution in [0.5, 0.6) is 0 Å². The molecule has 1 heterocycles. The van der Waals surface area contributed by atoms with Crippen LogP contribution in [0.4, 0.5) is 18.9 Å². The molecule has 0 bridgehead atoms. The molecule has 0 saturated carbocycles. The minimum atomic E-state index is -4.69. The summed E-state index contributed by atoms with van der Waals surface area (Å²) in [5.74, 6) is 6.00. The second-order valence-corrected chi connectivity index (χ2v) is 4.66. The highest BCUT2D eigenvalue weighted by Gasteiger charge is 2.33. The molecule has 0 spiro atoms. The van der Waals surface area contributed by atoms with Gasteiger partial charge in [0.15, 0.2) is 5.82 Å². The molecular weight excluding hydrogens is 323 g/mol. The fraction of sp³-hybridized carbons (Fsp3) is 0.273. The first kappa shape index (κ1) is 15.9. The molecule has 1 aromatic carbocycles. The van der Waals surface area contributed by atoms with Crippen molar-refractivity contribution in [3.8, 4) is 5.69 Å². The van der Waals surface area contributed by atoms with Crippen LogP contribution >= 0.6 is 12.2 Å². The van der Waals surface area contributed by atoms with Crippen molar-refractivity contribution < 1.29 is 18.1 Å². The molecule has 0 aliphatic carbocycles. The normalized spacial score (nSPS) is 11.6. The molecule has 0 atom stereocenters. The Balaban J connectivity index is 2.71. The number of nitro groups is 1. The Morgan fingerprint density at radius 2 is 2.09 bits per heavy atom. The fourth-order valence-electron chi connectivity index (χ4n) is 1.84. The molecule has 0 saturated heterocycles. The SMILES string of the molecule is CCc1nn(-c2ccc(C(F)(F)F)cc2[N+](=O)[O-])c(=S)n1N. The molecule has 0 unspecified atom stereocenters. The molecule has 11 heteroatoms. The lowest BCUT2D eigenvalue weighted by Gasteiger charge is -2.08. The summed E-state index contributed by atoms with van der Waals surface area (Å²) in [5.41, 5.74) is -2.06. The number of nitrogens with two attached hydrogens (primary N) is 1. The van der Waals surface area contributed by atoms with E-state index in [2.05, 4.69) is 5.10 Å². The van der Waals surface area contributed by atoms with Gasteiger partial charge < -0.3 is 5.84 Å². The molecule has 0 aliphatic heterocycles. The van der Waals surface area contributed by atoms with Gasteiger partial charge in [-0.15, -0.1) is 5.10 Å². The van der Waals surface area contributed by atoms with Crippen LogP contribution in [0.25, 0.3) is 5.69 Å². The van der Waals surface area contributed by atoms with Crippen molar-refractivity contribution in [2.24, 2.45) is 0 Å². The first-order chi connectivity index (χ1) is 10.2. The van der Waals surface area contributed by atoms with E-state index in [0.717, 1.165) is 21.5 Å². The molecule has 22 heavy (non-hydrogen) atoms. The molecule has 2 aromatic rings. The van der Waals surface area contributed by atoms with E-state index >= 15 is 0 Å². The molecule has 2 N–H and O–H groups in total. The van der Waals surface area contributed by atoms with E-state index in [-0.39, 0.29) is 10.5 Å². The van der Waals surface area contributed by atoms with Gasteiger partial charge in [-0.05, 0) is 24.4 Å². The lowest BCUT2D eigenvalue weighted by Crippen LogP contribution is -2.12. The molecule has 0 aliphatic rings. The van der Waals surface area contributed by atoms with Gasteiger partial charge in [-0.3, -0.25) is 10.1 Å². The maximum atomic E-state index is 12.7. The first-order valence-corrected chi connectivity index (χ1v) is 6.39. The zero-order valence-electron chi connectivity index (χ0n) is 11.2. The quantitative estimate of drug-likeness (QED) is 0.403. The predicted molar refractivity (Wildman–Crippen MR) is 73.6 cm³/mol. The Morgan fingerprint density at radius 3 is 2.55 bits per heavy atom. The zero-order chi connectivity index (χ0) is 16.7. The van der Waals surface area contributed by atoms with E-state index in [0.29, 0.717) is 18.3 Å². The largest absolute Gasteiger partial charge is 0.416 e. The van der Waals surface area contributed by atoms with E-state index in [9.17, 15) is 23.3 Å². The summed E-state index contributed by atoms with van der Waals surface area (Å²) in [6, 6.07) is 2.12. The monoisotopic (exact) mass is 333 g/mol. The van der Waals surface area contributed by atoms with Gasteiger partial charge in [-0.2, -0.15) is 17.9 Å². The number of nitro benzene ring substituents is 1. The van der Waals surface area contributed by atoms with Crippen LogP contribution in [0.1, 0.15) is 18.3 Å². The molecule has 2 rings (SSSR count). The Morgan fingerprint density at radius 1 is 1.45 bits per heavy atom. The summed E-state index contributed by atoms with van der Waals surface area (Å²) in [5, 5.41) is 15.1. The summed E-state index contributed by atoms with van der Waals surface area (Å²) < 4.78 is 40.0. The topological polar surface area (TPSA) is 91.9 Å². The fourth-order valence-corrected chi connectivity index (χ4v) is 2.09. The molecular formula is C11H10F3N5O2S. The summed E-state index contributed by atoms with van der Waals surface area (Å²) in [6.45, 7) is 1.74. The number of hydrogen-bond donors (Lipinski definition) is 1. The zero-order valence-corrected chi connectivity index (χ0v) is 12.0. The third-order valence-electron chi connectivity index (χ3n) is 2.92. The summed E-state index contributed by atoms with van der Waals surface area (Å²) in [6.07, 6.45) is -4.28. The van der Waals surface area contributed by atoms with Crippen molar-refractivity contribution in [2.45, 2.75) is 19.5 Å².